The van der Waals surface area contributed by atoms with E-state index in [9.17, 15) is 0 Å². The molecular formula is C13H22N2. The molecule has 0 fully saturated rings. The fourth-order valence-electron chi connectivity index (χ4n) is 1.54. The second-order valence-electron chi connectivity index (χ2n) is 5.01. The third-order valence-corrected chi connectivity index (χ3v) is 3.26. The highest BCUT2D eigenvalue weighted by molar-refractivity contribution is 5.32. The van der Waals surface area contributed by atoms with Gasteiger partial charge in [-0.3, -0.25) is 0 Å². The highest BCUT2D eigenvalue weighted by Crippen LogP contribution is 2.30. The maximum absolute atomic E-state index is 6.22. The van der Waals surface area contributed by atoms with E-state index in [-0.39, 0.29) is 11.5 Å². The number of hydrogen-bond acceptors (Lipinski definition) is 2. The smallest absolute Gasteiger partial charge is 0.0359 e. The van der Waals surface area contributed by atoms with Crippen LogP contribution in [0.15, 0.2) is 18.2 Å². The van der Waals surface area contributed by atoms with Gasteiger partial charge in [0.05, 0.1) is 0 Å². The van der Waals surface area contributed by atoms with Crippen LogP contribution < -0.4 is 11.5 Å². The van der Waals surface area contributed by atoms with Crippen molar-refractivity contribution in [1.82, 2.24) is 0 Å². The summed E-state index contributed by atoms with van der Waals surface area (Å²) in [6.07, 6.45) is 0. The lowest BCUT2D eigenvalue weighted by Crippen LogP contribution is -2.35. The molecule has 0 radical (unpaired) electrons. The minimum atomic E-state index is -0.0539. The van der Waals surface area contributed by atoms with Crippen LogP contribution in [0, 0.1) is 19.3 Å². The average molecular weight is 206 g/mol. The summed E-state index contributed by atoms with van der Waals surface area (Å²) in [6.45, 7) is 9.03. The summed E-state index contributed by atoms with van der Waals surface area (Å²) >= 11 is 0. The molecule has 0 spiro atoms. The Bertz CT molecular complexity index is 342. The van der Waals surface area contributed by atoms with Crippen molar-refractivity contribution in [1.29, 1.82) is 0 Å². The molecule has 0 heterocycles. The first-order valence-electron chi connectivity index (χ1n) is 5.41. The van der Waals surface area contributed by atoms with Crippen molar-refractivity contribution in [3.63, 3.8) is 0 Å². The van der Waals surface area contributed by atoms with Gasteiger partial charge in [0, 0.05) is 6.04 Å². The molecule has 2 nitrogen and oxygen atoms in total. The van der Waals surface area contributed by atoms with Gasteiger partial charge in [-0.25, -0.2) is 0 Å². The summed E-state index contributed by atoms with van der Waals surface area (Å²) in [5.41, 5.74) is 15.7. The van der Waals surface area contributed by atoms with Crippen LogP contribution in [0.3, 0.4) is 0 Å². The molecule has 0 aliphatic rings. The predicted molar refractivity (Wildman–Crippen MR) is 65.7 cm³/mol. The van der Waals surface area contributed by atoms with E-state index < -0.39 is 0 Å². The Labute approximate surface area is 92.7 Å². The Balaban J connectivity index is 3.02. The molecule has 15 heavy (non-hydrogen) atoms. The van der Waals surface area contributed by atoms with Gasteiger partial charge in [-0.1, -0.05) is 32.0 Å². The first-order valence-corrected chi connectivity index (χ1v) is 5.41. The molecule has 0 aliphatic carbocycles. The highest BCUT2D eigenvalue weighted by Gasteiger charge is 2.26. The van der Waals surface area contributed by atoms with Gasteiger partial charge in [0.25, 0.3) is 0 Å². The zero-order valence-corrected chi connectivity index (χ0v) is 10.2. The van der Waals surface area contributed by atoms with Crippen molar-refractivity contribution in [3.05, 3.63) is 34.9 Å². The van der Waals surface area contributed by atoms with E-state index in [2.05, 4.69) is 45.9 Å². The normalized spacial score (nSPS) is 14.0. The molecule has 0 bridgehead atoms. The summed E-state index contributed by atoms with van der Waals surface area (Å²) in [5, 5.41) is 0. The molecule has 2 heteroatoms. The standard InChI is InChI=1S/C13H22N2/c1-9-5-6-11(7-10(9)2)12(15)13(3,4)8-14/h5-7,12H,8,14-15H2,1-4H3. The Hall–Kier alpha value is -0.860. The average Bonchev–Trinajstić information content (AvgIpc) is 2.21. The quantitative estimate of drug-likeness (QED) is 0.797. The molecule has 1 aromatic rings. The lowest BCUT2D eigenvalue weighted by molar-refractivity contribution is 0.301. The summed E-state index contributed by atoms with van der Waals surface area (Å²) < 4.78 is 0. The van der Waals surface area contributed by atoms with Gasteiger partial charge in [-0.2, -0.15) is 0 Å². The van der Waals surface area contributed by atoms with Crippen molar-refractivity contribution in [2.75, 3.05) is 6.54 Å². The van der Waals surface area contributed by atoms with Crippen molar-refractivity contribution < 1.29 is 0 Å². The first-order chi connectivity index (χ1) is 6.88. The predicted octanol–water partition coefficient (Wildman–Crippen LogP) is 2.29. The minimum absolute atomic E-state index is 0.00167. The molecule has 0 aliphatic heterocycles. The molecule has 0 aromatic heterocycles. The SMILES string of the molecule is Cc1ccc(C(N)C(C)(C)CN)cc1C. The molecule has 0 saturated heterocycles. The van der Waals surface area contributed by atoms with Gasteiger partial charge >= 0.3 is 0 Å². The lowest BCUT2D eigenvalue weighted by Gasteiger charge is -2.30. The van der Waals surface area contributed by atoms with Gasteiger partial charge in [0.2, 0.25) is 0 Å². The molecule has 0 saturated carbocycles. The van der Waals surface area contributed by atoms with Crippen LogP contribution in [0.4, 0.5) is 0 Å². The Morgan fingerprint density at radius 3 is 2.27 bits per heavy atom. The largest absolute Gasteiger partial charge is 0.330 e. The number of nitrogens with two attached hydrogens (primary N) is 2. The van der Waals surface area contributed by atoms with E-state index in [0.29, 0.717) is 6.54 Å². The van der Waals surface area contributed by atoms with Crippen LogP contribution >= 0.6 is 0 Å². The summed E-state index contributed by atoms with van der Waals surface area (Å²) in [5.74, 6) is 0. The first kappa shape index (κ1) is 12.2. The van der Waals surface area contributed by atoms with Gasteiger partial charge < -0.3 is 11.5 Å². The maximum Gasteiger partial charge on any atom is 0.0359 e. The topological polar surface area (TPSA) is 52.0 Å². The van der Waals surface area contributed by atoms with E-state index in [4.69, 9.17) is 11.5 Å². The zero-order valence-electron chi connectivity index (χ0n) is 10.2. The van der Waals surface area contributed by atoms with Crippen LogP contribution in [-0.4, -0.2) is 6.54 Å². The van der Waals surface area contributed by atoms with E-state index in [1.165, 1.54) is 16.7 Å². The summed E-state index contributed by atoms with van der Waals surface area (Å²) in [4.78, 5) is 0. The zero-order chi connectivity index (χ0) is 11.6. The molecular weight excluding hydrogens is 184 g/mol. The fourth-order valence-corrected chi connectivity index (χ4v) is 1.54. The third-order valence-electron chi connectivity index (χ3n) is 3.26. The Kier molecular flexibility index (Phi) is 3.53. The van der Waals surface area contributed by atoms with Crippen LogP contribution in [-0.2, 0) is 0 Å². The number of aryl methyl sites for hydroxylation is 2. The molecule has 4 N–H and O–H groups in total. The van der Waals surface area contributed by atoms with Crippen LogP contribution in [0.5, 0.6) is 0 Å². The van der Waals surface area contributed by atoms with Crippen LogP contribution in [0.25, 0.3) is 0 Å². The highest BCUT2D eigenvalue weighted by atomic mass is 14.7. The Morgan fingerprint density at radius 2 is 1.80 bits per heavy atom. The molecule has 1 unspecified atom stereocenters. The molecule has 1 atom stereocenters. The molecule has 84 valence electrons. The van der Waals surface area contributed by atoms with E-state index >= 15 is 0 Å². The number of benzene rings is 1. The van der Waals surface area contributed by atoms with E-state index in [1.54, 1.807) is 0 Å². The maximum atomic E-state index is 6.22. The minimum Gasteiger partial charge on any atom is -0.330 e. The van der Waals surface area contributed by atoms with Crippen molar-refractivity contribution in [2.45, 2.75) is 33.7 Å². The summed E-state index contributed by atoms with van der Waals surface area (Å²) in [6, 6.07) is 6.39. The van der Waals surface area contributed by atoms with Crippen molar-refractivity contribution in [3.8, 4) is 0 Å². The molecule has 0 amide bonds. The molecule has 1 rings (SSSR count). The third kappa shape index (κ3) is 2.58. The Morgan fingerprint density at radius 1 is 1.20 bits per heavy atom. The van der Waals surface area contributed by atoms with E-state index in [1.807, 2.05) is 0 Å². The van der Waals surface area contributed by atoms with Gasteiger partial charge in [0.15, 0.2) is 0 Å². The fraction of sp³-hybridized carbons (Fsp3) is 0.538. The second kappa shape index (κ2) is 4.33. The van der Waals surface area contributed by atoms with Gasteiger partial charge in [-0.05, 0) is 42.5 Å². The van der Waals surface area contributed by atoms with Crippen molar-refractivity contribution >= 4 is 0 Å². The van der Waals surface area contributed by atoms with Crippen LogP contribution in [0.2, 0.25) is 0 Å². The second-order valence-corrected chi connectivity index (χ2v) is 5.01. The molecule has 1 aromatic carbocycles. The van der Waals surface area contributed by atoms with E-state index in [0.717, 1.165) is 0 Å². The van der Waals surface area contributed by atoms with Crippen LogP contribution in [0.1, 0.15) is 36.6 Å². The monoisotopic (exact) mass is 206 g/mol. The number of hydrogen-bond donors (Lipinski definition) is 2. The van der Waals surface area contributed by atoms with Gasteiger partial charge in [0.1, 0.15) is 0 Å². The van der Waals surface area contributed by atoms with Gasteiger partial charge in [-0.15, -0.1) is 0 Å². The van der Waals surface area contributed by atoms with Crippen molar-refractivity contribution in [2.24, 2.45) is 16.9 Å². The summed E-state index contributed by atoms with van der Waals surface area (Å²) in [7, 11) is 0. The number of rotatable bonds is 3. The lowest BCUT2D eigenvalue weighted by atomic mass is 9.80.